The second-order valence-electron chi connectivity index (χ2n) is 6.77. The van der Waals surface area contributed by atoms with Crippen molar-refractivity contribution in [1.82, 2.24) is 10.6 Å². The average molecular weight is 512 g/mol. The molecule has 7 heteroatoms. The predicted molar refractivity (Wildman–Crippen MR) is 128 cm³/mol. The van der Waals surface area contributed by atoms with Crippen molar-refractivity contribution in [1.29, 1.82) is 0 Å². The van der Waals surface area contributed by atoms with E-state index < -0.39 is 0 Å². The highest BCUT2D eigenvalue weighted by Crippen LogP contribution is 2.17. The van der Waals surface area contributed by atoms with E-state index in [1.165, 1.54) is 17.3 Å². The quantitative estimate of drug-likeness (QED) is 0.339. The van der Waals surface area contributed by atoms with Gasteiger partial charge in [0.15, 0.2) is 5.96 Å². The molecule has 2 aromatic rings. The van der Waals surface area contributed by atoms with Crippen molar-refractivity contribution in [2.24, 2.45) is 4.99 Å². The number of benzene rings is 2. The average Bonchev–Trinajstić information content (AvgIpc) is 2.73. The van der Waals surface area contributed by atoms with Crippen LogP contribution in [0.15, 0.2) is 53.5 Å². The van der Waals surface area contributed by atoms with Crippen molar-refractivity contribution in [2.45, 2.75) is 19.9 Å². The maximum Gasteiger partial charge on any atom is 0.191 e. The molecule has 1 heterocycles. The number of ether oxygens (including phenoxy) is 1. The van der Waals surface area contributed by atoms with Gasteiger partial charge in [0.1, 0.15) is 5.82 Å². The molecule has 2 N–H and O–H groups in total. The van der Waals surface area contributed by atoms with E-state index in [1.54, 1.807) is 12.1 Å². The number of halogens is 2. The minimum Gasteiger partial charge on any atom is -0.378 e. The number of hydrogen-bond donors (Lipinski definition) is 2. The van der Waals surface area contributed by atoms with Crippen molar-refractivity contribution in [3.63, 3.8) is 0 Å². The molecule has 1 fully saturated rings. The number of anilines is 1. The van der Waals surface area contributed by atoms with Crippen LogP contribution in [-0.2, 0) is 17.7 Å². The smallest absolute Gasteiger partial charge is 0.191 e. The SMILES string of the molecule is CCNC(=NCc1ccc(N2CCOCC2)cc1)NCCc1cccc(F)c1.I. The van der Waals surface area contributed by atoms with E-state index in [4.69, 9.17) is 4.74 Å². The van der Waals surface area contributed by atoms with Crippen LogP contribution in [0.1, 0.15) is 18.1 Å². The molecule has 0 atom stereocenters. The van der Waals surface area contributed by atoms with Gasteiger partial charge in [-0.15, -0.1) is 24.0 Å². The topological polar surface area (TPSA) is 48.9 Å². The van der Waals surface area contributed by atoms with E-state index in [9.17, 15) is 4.39 Å². The second kappa shape index (κ2) is 12.6. The maximum absolute atomic E-state index is 13.3. The van der Waals surface area contributed by atoms with Gasteiger partial charge in [-0.1, -0.05) is 24.3 Å². The molecule has 0 aromatic heterocycles. The van der Waals surface area contributed by atoms with Gasteiger partial charge in [0, 0.05) is 31.9 Å². The summed E-state index contributed by atoms with van der Waals surface area (Å²) in [4.78, 5) is 7.00. The van der Waals surface area contributed by atoms with Gasteiger partial charge in [-0.05, 0) is 48.7 Å². The summed E-state index contributed by atoms with van der Waals surface area (Å²) in [7, 11) is 0. The summed E-state index contributed by atoms with van der Waals surface area (Å²) in [5.74, 6) is 0.578. The third kappa shape index (κ3) is 7.81. The molecule has 3 rings (SSSR count). The molecule has 29 heavy (non-hydrogen) atoms. The Morgan fingerprint density at radius 2 is 1.83 bits per heavy atom. The van der Waals surface area contributed by atoms with Gasteiger partial charge in [-0.2, -0.15) is 0 Å². The first-order valence-corrected chi connectivity index (χ1v) is 9.93. The summed E-state index contributed by atoms with van der Waals surface area (Å²) in [6.45, 7) is 7.61. The summed E-state index contributed by atoms with van der Waals surface area (Å²) in [5.41, 5.74) is 3.37. The van der Waals surface area contributed by atoms with Crippen molar-refractivity contribution in [3.8, 4) is 0 Å². The van der Waals surface area contributed by atoms with Gasteiger partial charge in [0.2, 0.25) is 0 Å². The normalized spacial score (nSPS) is 14.3. The Hall–Kier alpha value is -1.87. The number of rotatable bonds is 7. The van der Waals surface area contributed by atoms with Crippen LogP contribution >= 0.6 is 24.0 Å². The summed E-state index contributed by atoms with van der Waals surface area (Å²) < 4.78 is 18.7. The highest BCUT2D eigenvalue weighted by atomic mass is 127. The van der Waals surface area contributed by atoms with Gasteiger partial charge >= 0.3 is 0 Å². The molecule has 0 radical (unpaired) electrons. The molecule has 1 aliphatic rings. The van der Waals surface area contributed by atoms with Gasteiger partial charge in [-0.25, -0.2) is 9.38 Å². The summed E-state index contributed by atoms with van der Waals surface area (Å²) in [5, 5.41) is 6.57. The number of nitrogens with one attached hydrogen (secondary N) is 2. The highest BCUT2D eigenvalue weighted by molar-refractivity contribution is 14.0. The third-order valence-corrected chi connectivity index (χ3v) is 4.67. The Morgan fingerprint density at radius 3 is 2.52 bits per heavy atom. The molecular formula is C22H30FIN4O. The van der Waals surface area contributed by atoms with Crippen LogP contribution in [0.4, 0.5) is 10.1 Å². The maximum atomic E-state index is 13.3. The fourth-order valence-electron chi connectivity index (χ4n) is 3.16. The first kappa shape index (κ1) is 23.4. The van der Waals surface area contributed by atoms with E-state index in [2.05, 4.69) is 44.8 Å². The molecule has 0 amide bonds. The van der Waals surface area contributed by atoms with Crippen LogP contribution in [0.5, 0.6) is 0 Å². The van der Waals surface area contributed by atoms with Crippen molar-refractivity contribution >= 4 is 35.6 Å². The molecule has 158 valence electrons. The van der Waals surface area contributed by atoms with Crippen molar-refractivity contribution in [3.05, 3.63) is 65.5 Å². The number of hydrogen-bond acceptors (Lipinski definition) is 3. The van der Waals surface area contributed by atoms with E-state index in [0.29, 0.717) is 13.1 Å². The molecule has 0 aliphatic carbocycles. The molecule has 0 unspecified atom stereocenters. The third-order valence-electron chi connectivity index (χ3n) is 4.67. The number of nitrogens with zero attached hydrogens (tertiary/aromatic N) is 2. The van der Waals surface area contributed by atoms with Crippen molar-refractivity contribution < 1.29 is 9.13 Å². The lowest BCUT2D eigenvalue weighted by Crippen LogP contribution is -2.38. The molecular weight excluding hydrogens is 482 g/mol. The minimum atomic E-state index is -0.196. The van der Waals surface area contributed by atoms with Gasteiger partial charge in [0.25, 0.3) is 0 Å². The minimum absolute atomic E-state index is 0. The van der Waals surface area contributed by atoms with Gasteiger partial charge in [-0.3, -0.25) is 0 Å². The summed E-state index contributed by atoms with van der Waals surface area (Å²) >= 11 is 0. The highest BCUT2D eigenvalue weighted by Gasteiger charge is 2.10. The van der Waals surface area contributed by atoms with E-state index in [1.807, 2.05) is 13.0 Å². The van der Waals surface area contributed by atoms with Crippen LogP contribution in [-0.4, -0.2) is 45.4 Å². The molecule has 5 nitrogen and oxygen atoms in total. The lowest BCUT2D eigenvalue weighted by Gasteiger charge is -2.28. The second-order valence-corrected chi connectivity index (χ2v) is 6.77. The number of guanidine groups is 1. The number of morpholine rings is 1. The zero-order chi connectivity index (χ0) is 19.6. The van der Waals surface area contributed by atoms with E-state index in [-0.39, 0.29) is 29.8 Å². The fraction of sp³-hybridized carbons (Fsp3) is 0.409. The standard InChI is InChI=1S/C22H29FN4O.HI/c1-2-24-22(25-11-10-18-4-3-5-20(23)16-18)26-17-19-6-8-21(9-7-19)27-12-14-28-15-13-27;/h3-9,16H,2,10-15,17H2,1H3,(H2,24,25,26);1H. The lowest BCUT2D eigenvalue weighted by molar-refractivity contribution is 0.122. The molecule has 0 bridgehead atoms. The summed E-state index contributed by atoms with van der Waals surface area (Å²) in [6, 6.07) is 15.3. The van der Waals surface area contributed by atoms with Gasteiger partial charge < -0.3 is 20.3 Å². The molecule has 1 saturated heterocycles. The Morgan fingerprint density at radius 1 is 1.07 bits per heavy atom. The Labute approximate surface area is 189 Å². The van der Waals surface area contributed by atoms with Gasteiger partial charge in [0.05, 0.1) is 19.8 Å². The molecule has 0 spiro atoms. The molecule has 1 aliphatic heterocycles. The van der Waals surface area contributed by atoms with Crippen LogP contribution in [0.25, 0.3) is 0 Å². The zero-order valence-electron chi connectivity index (χ0n) is 16.9. The first-order chi connectivity index (χ1) is 13.7. The van der Waals surface area contributed by atoms with Crippen molar-refractivity contribution in [2.75, 3.05) is 44.3 Å². The monoisotopic (exact) mass is 512 g/mol. The molecule has 2 aromatic carbocycles. The fourth-order valence-corrected chi connectivity index (χ4v) is 3.16. The Kier molecular flexibility index (Phi) is 10.2. The molecule has 0 saturated carbocycles. The lowest BCUT2D eigenvalue weighted by atomic mass is 10.1. The van der Waals surface area contributed by atoms with Crippen LogP contribution < -0.4 is 15.5 Å². The summed E-state index contributed by atoms with van der Waals surface area (Å²) in [6.07, 6.45) is 0.746. The first-order valence-electron chi connectivity index (χ1n) is 9.93. The zero-order valence-corrected chi connectivity index (χ0v) is 19.2. The van der Waals surface area contributed by atoms with Crippen LogP contribution in [0.3, 0.4) is 0 Å². The Bertz CT molecular complexity index is 764. The largest absolute Gasteiger partial charge is 0.378 e. The van der Waals surface area contributed by atoms with E-state index >= 15 is 0 Å². The van der Waals surface area contributed by atoms with Crippen LogP contribution in [0.2, 0.25) is 0 Å². The Balaban J connectivity index is 0.00000300. The predicted octanol–water partition coefficient (Wildman–Crippen LogP) is 3.58. The number of aliphatic imine (C=N–C) groups is 1. The van der Waals surface area contributed by atoms with E-state index in [0.717, 1.165) is 50.8 Å². The van der Waals surface area contributed by atoms with Crippen LogP contribution in [0, 0.1) is 5.82 Å².